The van der Waals surface area contributed by atoms with Gasteiger partial charge in [0.05, 0.1) is 30.5 Å². The topological polar surface area (TPSA) is 96.5 Å². The zero-order valence-corrected chi connectivity index (χ0v) is 26.6. The standard InChI is InChI=1S/C34H31Cl2N3O6/c1-21-5-6-22(2)39(21)25-8-10-26(11-9-25)43-20-27-12-14-30(45-27)34(40)38-37-18-24-16-31(41-3)33(32(17-24)42-4)44-19-23-7-13-28(35)29(36)15-23/h5-18H,19-20H2,1-4H3,(H,38,40)/b37-18+. The maximum absolute atomic E-state index is 12.6. The number of halogens is 2. The molecule has 5 rings (SSSR count). The predicted octanol–water partition coefficient (Wildman–Crippen LogP) is 7.93. The van der Waals surface area contributed by atoms with Gasteiger partial charge in [0.15, 0.2) is 17.3 Å². The Balaban J connectivity index is 1.16. The van der Waals surface area contributed by atoms with E-state index < -0.39 is 5.91 Å². The Labute approximate surface area is 270 Å². The fraction of sp³-hybridized carbons (Fsp3) is 0.176. The molecular weight excluding hydrogens is 617 g/mol. The third-order valence-corrected chi connectivity index (χ3v) is 7.60. The molecule has 9 nitrogen and oxygen atoms in total. The van der Waals surface area contributed by atoms with Gasteiger partial charge in [0.2, 0.25) is 5.75 Å². The van der Waals surface area contributed by atoms with Crippen molar-refractivity contribution in [2.45, 2.75) is 27.1 Å². The molecular formula is C34H31Cl2N3O6. The van der Waals surface area contributed by atoms with Crippen LogP contribution in [-0.4, -0.2) is 30.9 Å². The Hall–Kier alpha value is -4.86. The first-order chi connectivity index (χ1) is 21.7. The van der Waals surface area contributed by atoms with Crippen LogP contribution in [0.3, 0.4) is 0 Å². The molecule has 0 fully saturated rings. The van der Waals surface area contributed by atoms with Gasteiger partial charge in [0.25, 0.3) is 0 Å². The molecule has 0 aliphatic carbocycles. The molecule has 0 aliphatic rings. The maximum atomic E-state index is 12.6. The normalized spacial score (nSPS) is 11.1. The third-order valence-electron chi connectivity index (χ3n) is 6.86. The number of methoxy groups -OCH3 is 2. The molecule has 0 radical (unpaired) electrons. The van der Waals surface area contributed by atoms with E-state index in [1.54, 1.807) is 36.4 Å². The Morgan fingerprint density at radius 2 is 1.53 bits per heavy atom. The lowest BCUT2D eigenvalue weighted by molar-refractivity contribution is 0.0923. The highest BCUT2D eigenvalue weighted by Crippen LogP contribution is 2.39. The van der Waals surface area contributed by atoms with Gasteiger partial charge in [-0.2, -0.15) is 5.10 Å². The van der Waals surface area contributed by atoms with Crippen molar-refractivity contribution >= 4 is 35.3 Å². The number of hydrogen-bond acceptors (Lipinski definition) is 7. The molecule has 0 atom stereocenters. The number of ether oxygens (including phenoxy) is 4. The molecule has 0 aliphatic heterocycles. The van der Waals surface area contributed by atoms with Gasteiger partial charge in [-0.25, -0.2) is 5.43 Å². The van der Waals surface area contributed by atoms with Gasteiger partial charge in [-0.05, 0) is 92.2 Å². The summed E-state index contributed by atoms with van der Waals surface area (Å²) in [7, 11) is 3.03. The van der Waals surface area contributed by atoms with Gasteiger partial charge in [0.1, 0.15) is 24.7 Å². The number of hydrazone groups is 1. The van der Waals surface area contributed by atoms with Crippen molar-refractivity contribution in [2.24, 2.45) is 5.10 Å². The van der Waals surface area contributed by atoms with Crippen LogP contribution < -0.4 is 24.4 Å². The van der Waals surface area contributed by atoms with E-state index in [4.69, 9.17) is 46.6 Å². The summed E-state index contributed by atoms with van der Waals surface area (Å²) < 4.78 is 30.7. The van der Waals surface area contributed by atoms with E-state index in [1.165, 1.54) is 20.4 Å². The summed E-state index contributed by atoms with van der Waals surface area (Å²) in [5.41, 5.74) is 7.27. The molecule has 2 heterocycles. The average Bonchev–Trinajstić information content (AvgIpc) is 3.66. The summed E-state index contributed by atoms with van der Waals surface area (Å²) in [5.74, 6) is 2.01. The van der Waals surface area contributed by atoms with Crippen LogP contribution >= 0.6 is 23.2 Å². The highest BCUT2D eigenvalue weighted by molar-refractivity contribution is 6.42. The lowest BCUT2D eigenvalue weighted by Crippen LogP contribution is -2.16. The second-order valence-corrected chi connectivity index (χ2v) is 10.8. The van der Waals surface area contributed by atoms with Crippen LogP contribution in [-0.2, 0) is 13.2 Å². The smallest absolute Gasteiger partial charge is 0.307 e. The molecule has 3 aromatic carbocycles. The second kappa shape index (κ2) is 14.3. The summed E-state index contributed by atoms with van der Waals surface area (Å²) in [5, 5.41) is 4.95. The average molecular weight is 649 g/mol. The molecule has 0 saturated carbocycles. The maximum Gasteiger partial charge on any atom is 0.307 e. The van der Waals surface area contributed by atoms with E-state index in [0.717, 1.165) is 22.6 Å². The minimum atomic E-state index is -0.514. The van der Waals surface area contributed by atoms with E-state index >= 15 is 0 Å². The molecule has 5 aromatic rings. The number of furan rings is 1. The Bertz CT molecular complexity index is 1780. The molecule has 1 amide bonds. The van der Waals surface area contributed by atoms with Crippen LogP contribution in [0.1, 0.15) is 38.8 Å². The van der Waals surface area contributed by atoms with Crippen molar-refractivity contribution in [3.63, 3.8) is 0 Å². The van der Waals surface area contributed by atoms with Crippen LogP contribution in [0, 0.1) is 13.8 Å². The van der Waals surface area contributed by atoms with Gasteiger partial charge in [-0.15, -0.1) is 0 Å². The zero-order valence-electron chi connectivity index (χ0n) is 25.1. The van der Waals surface area contributed by atoms with E-state index in [9.17, 15) is 4.79 Å². The lowest BCUT2D eigenvalue weighted by Gasteiger charge is -2.15. The molecule has 0 spiro atoms. The minimum absolute atomic E-state index is 0.0980. The molecule has 0 bridgehead atoms. The number of nitrogens with zero attached hydrogens (tertiary/aromatic N) is 2. The van der Waals surface area contributed by atoms with Crippen molar-refractivity contribution in [1.29, 1.82) is 0 Å². The van der Waals surface area contributed by atoms with Crippen molar-refractivity contribution < 1.29 is 28.2 Å². The molecule has 1 N–H and O–H groups in total. The summed E-state index contributed by atoms with van der Waals surface area (Å²) >= 11 is 12.1. The number of carbonyl (C=O) groups is 1. The van der Waals surface area contributed by atoms with Crippen molar-refractivity contribution in [1.82, 2.24) is 9.99 Å². The monoisotopic (exact) mass is 647 g/mol. The number of nitrogens with one attached hydrogen (secondary N) is 1. The highest BCUT2D eigenvalue weighted by atomic mass is 35.5. The molecule has 232 valence electrons. The van der Waals surface area contributed by atoms with Gasteiger partial charge >= 0.3 is 5.91 Å². The number of benzene rings is 3. The first-order valence-corrected chi connectivity index (χ1v) is 14.6. The highest BCUT2D eigenvalue weighted by Gasteiger charge is 2.15. The molecule has 0 unspecified atom stereocenters. The van der Waals surface area contributed by atoms with E-state index in [2.05, 4.69) is 41.1 Å². The second-order valence-electron chi connectivity index (χ2n) is 9.99. The number of hydrogen-bond donors (Lipinski definition) is 1. The number of amides is 1. The summed E-state index contributed by atoms with van der Waals surface area (Å²) in [4.78, 5) is 12.6. The quantitative estimate of drug-likeness (QED) is 0.109. The van der Waals surface area contributed by atoms with E-state index in [0.29, 0.717) is 44.4 Å². The first kappa shape index (κ1) is 31.6. The summed E-state index contributed by atoms with van der Waals surface area (Å²) in [6.45, 7) is 4.51. The number of rotatable bonds is 12. The van der Waals surface area contributed by atoms with Gasteiger partial charge < -0.3 is 27.9 Å². The largest absolute Gasteiger partial charge is 0.493 e. The predicted molar refractivity (Wildman–Crippen MR) is 174 cm³/mol. The van der Waals surface area contributed by atoms with Crippen LogP contribution in [0.15, 0.2) is 88.4 Å². The fourth-order valence-corrected chi connectivity index (χ4v) is 4.94. The summed E-state index contributed by atoms with van der Waals surface area (Å²) in [6.07, 6.45) is 1.46. The zero-order chi connectivity index (χ0) is 31.9. The van der Waals surface area contributed by atoms with Crippen LogP contribution in [0.5, 0.6) is 23.0 Å². The SMILES string of the molecule is COc1cc(/C=N/NC(=O)c2ccc(COc3ccc(-n4c(C)ccc4C)cc3)o2)cc(OC)c1OCc1ccc(Cl)c(Cl)c1. The van der Waals surface area contributed by atoms with Crippen molar-refractivity contribution in [3.8, 4) is 28.7 Å². The Kier molecular flexibility index (Phi) is 10.0. The minimum Gasteiger partial charge on any atom is -0.493 e. The summed E-state index contributed by atoms with van der Waals surface area (Å²) in [6, 6.07) is 23.9. The van der Waals surface area contributed by atoms with E-state index in [1.807, 2.05) is 30.3 Å². The molecule has 0 saturated heterocycles. The van der Waals surface area contributed by atoms with Crippen molar-refractivity contribution in [3.05, 3.63) is 123 Å². The van der Waals surface area contributed by atoms with E-state index in [-0.39, 0.29) is 19.0 Å². The lowest BCUT2D eigenvalue weighted by atomic mass is 10.2. The first-order valence-electron chi connectivity index (χ1n) is 13.9. The van der Waals surface area contributed by atoms with Crippen molar-refractivity contribution in [2.75, 3.05) is 14.2 Å². The van der Waals surface area contributed by atoms with Crippen LogP contribution in [0.2, 0.25) is 10.0 Å². The molecule has 11 heteroatoms. The number of aromatic nitrogens is 1. The fourth-order valence-electron chi connectivity index (χ4n) is 4.62. The van der Waals surface area contributed by atoms with Gasteiger partial charge in [-0.1, -0.05) is 29.3 Å². The molecule has 45 heavy (non-hydrogen) atoms. The Morgan fingerprint density at radius 3 is 2.18 bits per heavy atom. The third kappa shape index (κ3) is 7.63. The van der Waals surface area contributed by atoms with Crippen LogP contribution in [0.25, 0.3) is 5.69 Å². The van der Waals surface area contributed by atoms with Gasteiger partial charge in [0, 0.05) is 22.6 Å². The Morgan fingerprint density at radius 1 is 0.844 bits per heavy atom. The number of carbonyl (C=O) groups excluding carboxylic acids is 1. The van der Waals surface area contributed by atoms with Gasteiger partial charge in [-0.3, -0.25) is 4.79 Å². The number of aryl methyl sites for hydroxylation is 2. The molecule has 2 aromatic heterocycles. The van der Waals surface area contributed by atoms with Crippen LogP contribution in [0.4, 0.5) is 0 Å².